The molecular weight excluding hydrogens is 224 g/mol. The Kier molecular flexibility index (Phi) is 4.37. The fourth-order valence-corrected chi connectivity index (χ4v) is 2.61. The van der Waals surface area contributed by atoms with Gasteiger partial charge >= 0.3 is 0 Å². The normalized spacial score (nSPS) is 25.4. The van der Waals surface area contributed by atoms with E-state index in [1.807, 2.05) is 30.3 Å². The molecule has 2 unspecified atom stereocenters. The molecule has 3 heteroatoms. The summed E-state index contributed by atoms with van der Waals surface area (Å²) in [6.45, 7) is 2.21. The zero-order valence-corrected chi connectivity index (χ0v) is 10.9. The second-order valence-corrected chi connectivity index (χ2v) is 5.27. The van der Waals surface area contributed by atoms with Gasteiger partial charge in [-0.05, 0) is 24.3 Å². The second-order valence-electron chi connectivity index (χ2n) is 5.27. The van der Waals surface area contributed by atoms with Crippen molar-refractivity contribution in [3.8, 4) is 0 Å². The van der Waals surface area contributed by atoms with Crippen LogP contribution in [0.15, 0.2) is 30.3 Å². The first-order valence-corrected chi connectivity index (χ1v) is 6.79. The van der Waals surface area contributed by atoms with Crippen LogP contribution in [0.2, 0.25) is 0 Å². The van der Waals surface area contributed by atoms with E-state index in [9.17, 15) is 4.79 Å². The van der Waals surface area contributed by atoms with E-state index >= 15 is 0 Å². The Morgan fingerprint density at radius 2 is 1.94 bits per heavy atom. The van der Waals surface area contributed by atoms with E-state index in [4.69, 9.17) is 5.73 Å². The summed E-state index contributed by atoms with van der Waals surface area (Å²) in [6.07, 6.45) is 4.76. The summed E-state index contributed by atoms with van der Waals surface area (Å²) in [5.41, 5.74) is 6.86. The van der Waals surface area contributed by atoms with Gasteiger partial charge < -0.3 is 11.1 Å². The number of hydrogen-bond acceptors (Lipinski definition) is 2. The number of carbonyl (C=O) groups is 1. The lowest BCUT2D eigenvalue weighted by Gasteiger charge is -2.30. The molecule has 1 aliphatic rings. The fourth-order valence-electron chi connectivity index (χ4n) is 2.61. The maximum Gasteiger partial charge on any atom is 0.241 e. The number of carbonyl (C=O) groups excluding carboxylic acids is 1. The van der Waals surface area contributed by atoms with Crippen molar-refractivity contribution in [2.75, 3.05) is 0 Å². The summed E-state index contributed by atoms with van der Waals surface area (Å²) >= 11 is 0. The van der Waals surface area contributed by atoms with E-state index in [-0.39, 0.29) is 5.91 Å². The first-order chi connectivity index (χ1) is 8.68. The maximum absolute atomic E-state index is 12.1. The zero-order chi connectivity index (χ0) is 13.0. The summed E-state index contributed by atoms with van der Waals surface area (Å²) in [7, 11) is 0. The minimum atomic E-state index is -0.555. The van der Waals surface area contributed by atoms with Gasteiger partial charge in [0.15, 0.2) is 0 Å². The van der Waals surface area contributed by atoms with Gasteiger partial charge in [-0.15, -0.1) is 0 Å². The Morgan fingerprint density at radius 3 is 2.61 bits per heavy atom. The maximum atomic E-state index is 12.1. The summed E-state index contributed by atoms with van der Waals surface area (Å²) < 4.78 is 0. The molecule has 0 heterocycles. The van der Waals surface area contributed by atoms with Crippen LogP contribution in [0.3, 0.4) is 0 Å². The number of nitrogens with two attached hydrogens (primary N) is 1. The molecule has 98 valence electrons. The van der Waals surface area contributed by atoms with Crippen molar-refractivity contribution in [1.82, 2.24) is 5.32 Å². The topological polar surface area (TPSA) is 55.1 Å². The predicted octanol–water partition coefficient (Wildman–Crippen LogP) is 2.38. The van der Waals surface area contributed by atoms with E-state index in [1.54, 1.807) is 0 Å². The van der Waals surface area contributed by atoms with Crippen LogP contribution in [-0.4, -0.2) is 11.9 Å². The van der Waals surface area contributed by atoms with Crippen LogP contribution < -0.4 is 11.1 Å². The Bertz CT molecular complexity index is 391. The molecule has 1 aromatic carbocycles. The van der Waals surface area contributed by atoms with Crippen LogP contribution in [0.25, 0.3) is 0 Å². The molecule has 0 radical (unpaired) electrons. The number of rotatable bonds is 3. The Hall–Kier alpha value is -1.35. The van der Waals surface area contributed by atoms with Crippen molar-refractivity contribution in [1.29, 1.82) is 0 Å². The van der Waals surface area contributed by atoms with Crippen LogP contribution in [0, 0.1) is 5.92 Å². The highest BCUT2D eigenvalue weighted by atomic mass is 16.2. The van der Waals surface area contributed by atoms with Crippen molar-refractivity contribution in [3.63, 3.8) is 0 Å². The van der Waals surface area contributed by atoms with Crippen LogP contribution in [0.1, 0.15) is 44.2 Å². The van der Waals surface area contributed by atoms with Crippen LogP contribution in [-0.2, 0) is 4.79 Å². The molecule has 0 aromatic heterocycles. The lowest BCUT2D eigenvalue weighted by atomic mass is 9.85. The molecule has 1 aromatic rings. The highest BCUT2D eigenvalue weighted by Gasteiger charge is 2.25. The third kappa shape index (κ3) is 3.10. The highest BCUT2D eigenvalue weighted by molar-refractivity contribution is 5.83. The van der Waals surface area contributed by atoms with Gasteiger partial charge in [0, 0.05) is 6.04 Å². The molecule has 1 amide bonds. The lowest BCUT2D eigenvalue weighted by molar-refractivity contribution is -0.123. The average molecular weight is 246 g/mol. The largest absolute Gasteiger partial charge is 0.351 e. The van der Waals surface area contributed by atoms with E-state index < -0.39 is 6.04 Å². The molecule has 1 aliphatic carbocycles. The van der Waals surface area contributed by atoms with E-state index in [2.05, 4.69) is 12.2 Å². The fraction of sp³-hybridized carbons (Fsp3) is 0.533. The number of hydrogen-bond donors (Lipinski definition) is 2. The van der Waals surface area contributed by atoms with Gasteiger partial charge in [-0.25, -0.2) is 0 Å². The number of nitrogens with one attached hydrogen (secondary N) is 1. The van der Waals surface area contributed by atoms with Gasteiger partial charge in [0.25, 0.3) is 0 Å². The molecule has 0 saturated heterocycles. The van der Waals surface area contributed by atoms with Gasteiger partial charge in [-0.2, -0.15) is 0 Å². The first kappa shape index (κ1) is 13.1. The predicted molar refractivity (Wildman–Crippen MR) is 72.9 cm³/mol. The van der Waals surface area contributed by atoms with E-state index in [0.717, 1.165) is 12.0 Å². The molecule has 3 atom stereocenters. The monoisotopic (exact) mass is 246 g/mol. The highest BCUT2D eigenvalue weighted by Crippen LogP contribution is 2.24. The summed E-state index contributed by atoms with van der Waals surface area (Å²) in [6, 6.07) is 9.28. The van der Waals surface area contributed by atoms with Gasteiger partial charge in [0.2, 0.25) is 5.91 Å². The second kappa shape index (κ2) is 6.01. The average Bonchev–Trinajstić information content (AvgIpc) is 2.41. The van der Waals surface area contributed by atoms with Gasteiger partial charge in [-0.1, -0.05) is 50.1 Å². The molecular formula is C15H22N2O. The Morgan fingerprint density at radius 1 is 1.28 bits per heavy atom. The molecule has 3 N–H and O–H groups in total. The standard InChI is InChI=1S/C15H22N2O/c1-11-7-5-6-10-13(11)17-15(18)14(16)12-8-3-2-4-9-12/h2-4,8-9,11,13-14H,5-7,10,16H2,1H3,(H,17,18)/t11?,13?,14-/m1/s1. The molecule has 3 nitrogen and oxygen atoms in total. The smallest absolute Gasteiger partial charge is 0.241 e. The minimum Gasteiger partial charge on any atom is -0.351 e. The van der Waals surface area contributed by atoms with Crippen LogP contribution in [0.4, 0.5) is 0 Å². The SMILES string of the molecule is CC1CCCCC1NC(=O)[C@H](N)c1ccccc1. The molecule has 0 spiro atoms. The molecule has 0 bridgehead atoms. The molecule has 18 heavy (non-hydrogen) atoms. The van der Waals surface area contributed by atoms with Crippen molar-refractivity contribution in [2.24, 2.45) is 11.7 Å². The van der Waals surface area contributed by atoms with Gasteiger partial charge in [0.1, 0.15) is 6.04 Å². The first-order valence-electron chi connectivity index (χ1n) is 6.79. The molecule has 2 rings (SSSR count). The quantitative estimate of drug-likeness (QED) is 0.860. The molecule has 1 saturated carbocycles. The van der Waals surface area contributed by atoms with Crippen LogP contribution in [0.5, 0.6) is 0 Å². The van der Waals surface area contributed by atoms with Gasteiger partial charge in [-0.3, -0.25) is 4.79 Å². The van der Waals surface area contributed by atoms with Crippen LogP contribution >= 0.6 is 0 Å². The Labute approximate surface area is 109 Å². The van der Waals surface area contributed by atoms with E-state index in [1.165, 1.54) is 19.3 Å². The van der Waals surface area contributed by atoms with Crippen molar-refractivity contribution >= 4 is 5.91 Å². The Balaban J connectivity index is 1.95. The van der Waals surface area contributed by atoms with Crippen molar-refractivity contribution in [2.45, 2.75) is 44.7 Å². The lowest BCUT2D eigenvalue weighted by Crippen LogP contribution is -2.45. The molecule has 1 fully saturated rings. The number of benzene rings is 1. The van der Waals surface area contributed by atoms with Crippen molar-refractivity contribution < 1.29 is 4.79 Å². The third-order valence-electron chi connectivity index (χ3n) is 3.88. The van der Waals surface area contributed by atoms with Crippen molar-refractivity contribution in [3.05, 3.63) is 35.9 Å². The number of amides is 1. The zero-order valence-electron chi connectivity index (χ0n) is 10.9. The third-order valence-corrected chi connectivity index (χ3v) is 3.88. The van der Waals surface area contributed by atoms with Gasteiger partial charge in [0.05, 0.1) is 0 Å². The summed E-state index contributed by atoms with van der Waals surface area (Å²) in [5, 5.41) is 3.10. The summed E-state index contributed by atoms with van der Waals surface area (Å²) in [4.78, 5) is 12.1. The summed E-state index contributed by atoms with van der Waals surface area (Å²) in [5.74, 6) is 0.505. The minimum absolute atomic E-state index is 0.0556. The van der Waals surface area contributed by atoms with E-state index in [0.29, 0.717) is 12.0 Å². The molecule has 0 aliphatic heterocycles.